The molecule has 0 saturated heterocycles. The van der Waals surface area contributed by atoms with Gasteiger partial charge in [-0.2, -0.15) is 0 Å². The number of rotatable bonds is 3. The second-order valence-electron chi connectivity index (χ2n) is 4.93. The molecule has 1 nitrogen and oxygen atoms in total. The molecule has 16 heavy (non-hydrogen) atoms. The summed E-state index contributed by atoms with van der Waals surface area (Å²) < 4.78 is 0. The summed E-state index contributed by atoms with van der Waals surface area (Å²) in [5, 5.41) is 3.69. The first-order chi connectivity index (χ1) is 7.76. The van der Waals surface area contributed by atoms with E-state index in [1.165, 1.54) is 31.2 Å². The molecule has 88 valence electrons. The van der Waals surface area contributed by atoms with Crippen LogP contribution < -0.4 is 5.32 Å². The zero-order valence-electron chi connectivity index (χ0n) is 10.7. The minimum absolute atomic E-state index is 0.519. The molecule has 1 aromatic carbocycles. The van der Waals surface area contributed by atoms with Gasteiger partial charge in [-0.1, -0.05) is 38.5 Å². The maximum absolute atomic E-state index is 3.69. The predicted octanol–water partition coefficient (Wildman–Crippen LogP) is 3.62. The van der Waals surface area contributed by atoms with Crippen molar-refractivity contribution in [2.45, 2.75) is 58.5 Å². The number of fused-ring (bicyclic) bond motifs is 1. The first kappa shape index (κ1) is 11.7. The van der Waals surface area contributed by atoms with Gasteiger partial charge in [0.15, 0.2) is 0 Å². The Kier molecular flexibility index (Phi) is 3.65. The van der Waals surface area contributed by atoms with Crippen molar-refractivity contribution in [2.24, 2.45) is 0 Å². The molecule has 0 saturated carbocycles. The van der Waals surface area contributed by atoms with Crippen molar-refractivity contribution < 1.29 is 0 Å². The quantitative estimate of drug-likeness (QED) is 0.815. The first-order valence-corrected chi connectivity index (χ1v) is 6.63. The minimum atomic E-state index is 0.519. The molecule has 0 aromatic heterocycles. The van der Waals surface area contributed by atoms with Crippen molar-refractivity contribution in [1.29, 1.82) is 0 Å². The number of aryl methyl sites for hydroxylation is 1. The molecule has 1 aliphatic rings. The van der Waals surface area contributed by atoms with Crippen LogP contribution in [0, 0.1) is 0 Å². The summed E-state index contributed by atoms with van der Waals surface area (Å²) in [7, 11) is 0. The predicted molar refractivity (Wildman–Crippen MR) is 69.8 cm³/mol. The lowest BCUT2D eigenvalue weighted by Gasteiger charge is -2.32. The average molecular weight is 217 g/mol. The molecule has 0 spiro atoms. The van der Waals surface area contributed by atoms with Gasteiger partial charge in [0.25, 0.3) is 0 Å². The highest BCUT2D eigenvalue weighted by Gasteiger charge is 2.23. The maximum Gasteiger partial charge on any atom is 0.0297 e. The molecule has 0 fully saturated rings. The standard InChI is InChI=1S/C15H23N/c1-4-7-12-8-6-9-14-11(3)16-13(5-2)10-15(12)14/h6,8-9,11,13,16H,4-5,7,10H2,1-3H3/t11-,13-/m0/s1. The van der Waals surface area contributed by atoms with Crippen LogP contribution in [0.5, 0.6) is 0 Å². The van der Waals surface area contributed by atoms with E-state index in [1.54, 1.807) is 11.1 Å². The molecule has 0 aliphatic carbocycles. The van der Waals surface area contributed by atoms with Crippen LogP contribution >= 0.6 is 0 Å². The zero-order chi connectivity index (χ0) is 11.5. The van der Waals surface area contributed by atoms with Gasteiger partial charge in [-0.25, -0.2) is 0 Å². The van der Waals surface area contributed by atoms with Crippen LogP contribution in [0.25, 0.3) is 0 Å². The molecule has 1 aromatic rings. The van der Waals surface area contributed by atoms with Crippen molar-refractivity contribution in [3.63, 3.8) is 0 Å². The normalized spacial score (nSPS) is 24.2. The number of nitrogens with one attached hydrogen (secondary N) is 1. The largest absolute Gasteiger partial charge is 0.307 e. The van der Waals surface area contributed by atoms with E-state index < -0.39 is 0 Å². The second-order valence-corrected chi connectivity index (χ2v) is 4.93. The van der Waals surface area contributed by atoms with E-state index in [1.807, 2.05) is 0 Å². The molecule has 1 heteroatoms. The highest BCUT2D eigenvalue weighted by atomic mass is 15.0. The van der Waals surface area contributed by atoms with Crippen LogP contribution in [-0.2, 0) is 12.8 Å². The Labute approximate surface area is 99.3 Å². The minimum Gasteiger partial charge on any atom is -0.307 e. The van der Waals surface area contributed by atoms with Gasteiger partial charge in [-0.05, 0) is 42.9 Å². The molecule has 0 radical (unpaired) electrons. The zero-order valence-corrected chi connectivity index (χ0v) is 10.7. The van der Waals surface area contributed by atoms with E-state index >= 15 is 0 Å². The van der Waals surface area contributed by atoms with E-state index in [-0.39, 0.29) is 0 Å². The van der Waals surface area contributed by atoms with Crippen LogP contribution in [0.4, 0.5) is 0 Å². The highest BCUT2D eigenvalue weighted by molar-refractivity contribution is 5.39. The first-order valence-electron chi connectivity index (χ1n) is 6.63. The lowest BCUT2D eigenvalue weighted by Crippen LogP contribution is -2.38. The van der Waals surface area contributed by atoms with Crippen LogP contribution in [0.15, 0.2) is 18.2 Å². The Balaban J connectivity index is 2.36. The number of benzene rings is 1. The summed E-state index contributed by atoms with van der Waals surface area (Å²) in [4.78, 5) is 0. The van der Waals surface area contributed by atoms with Crippen molar-refractivity contribution in [2.75, 3.05) is 0 Å². The molecule has 0 unspecified atom stereocenters. The molecule has 1 N–H and O–H groups in total. The monoisotopic (exact) mass is 217 g/mol. The molecular formula is C15H23N. The molecule has 2 rings (SSSR count). The van der Waals surface area contributed by atoms with E-state index in [0.717, 1.165) is 0 Å². The van der Waals surface area contributed by atoms with Gasteiger partial charge in [0.05, 0.1) is 0 Å². The third-order valence-corrected chi connectivity index (χ3v) is 3.72. The molecule has 1 aliphatic heterocycles. The molecular weight excluding hydrogens is 194 g/mol. The summed E-state index contributed by atoms with van der Waals surface area (Å²) in [6.07, 6.45) is 4.91. The summed E-state index contributed by atoms with van der Waals surface area (Å²) in [6, 6.07) is 8.00. The number of hydrogen-bond acceptors (Lipinski definition) is 1. The fourth-order valence-electron chi connectivity index (χ4n) is 2.82. The Morgan fingerprint density at radius 3 is 2.81 bits per heavy atom. The van der Waals surface area contributed by atoms with E-state index in [2.05, 4.69) is 44.3 Å². The van der Waals surface area contributed by atoms with Crippen molar-refractivity contribution in [1.82, 2.24) is 5.32 Å². The lowest BCUT2D eigenvalue weighted by atomic mass is 9.85. The Hall–Kier alpha value is -0.820. The SMILES string of the molecule is CCCc1cccc2c1C[C@H](CC)N[C@H]2C. The Bertz CT molecular complexity index is 356. The van der Waals surface area contributed by atoms with Gasteiger partial charge in [0, 0.05) is 12.1 Å². The summed E-state index contributed by atoms with van der Waals surface area (Å²) in [6.45, 7) is 6.83. The fraction of sp³-hybridized carbons (Fsp3) is 0.600. The molecule has 2 atom stereocenters. The topological polar surface area (TPSA) is 12.0 Å². The summed E-state index contributed by atoms with van der Waals surface area (Å²) in [5.41, 5.74) is 4.73. The summed E-state index contributed by atoms with van der Waals surface area (Å²) >= 11 is 0. The van der Waals surface area contributed by atoms with E-state index in [4.69, 9.17) is 0 Å². The smallest absolute Gasteiger partial charge is 0.0297 e. The molecule has 0 bridgehead atoms. The highest BCUT2D eigenvalue weighted by Crippen LogP contribution is 2.29. The van der Waals surface area contributed by atoms with Gasteiger partial charge in [0.1, 0.15) is 0 Å². The van der Waals surface area contributed by atoms with Crippen LogP contribution in [0.3, 0.4) is 0 Å². The maximum atomic E-state index is 3.69. The third-order valence-electron chi connectivity index (χ3n) is 3.72. The van der Waals surface area contributed by atoms with Gasteiger partial charge >= 0.3 is 0 Å². The lowest BCUT2D eigenvalue weighted by molar-refractivity contribution is 0.410. The van der Waals surface area contributed by atoms with Gasteiger partial charge < -0.3 is 5.32 Å². The average Bonchev–Trinajstić information content (AvgIpc) is 2.30. The van der Waals surface area contributed by atoms with Gasteiger partial charge in [0.2, 0.25) is 0 Å². The van der Waals surface area contributed by atoms with E-state index in [0.29, 0.717) is 12.1 Å². The van der Waals surface area contributed by atoms with Crippen molar-refractivity contribution >= 4 is 0 Å². The van der Waals surface area contributed by atoms with Crippen molar-refractivity contribution in [3.8, 4) is 0 Å². The Morgan fingerprint density at radius 2 is 2.12 bits per heavy atom. The van der Waals surface area contributed by atoms with Gasteiger partial charge in [-0.3, -0.25) is 0 Å². The summed E-state index contributed by atoms with van der Waals surface area (Å²) in [5.74, 6) is 0. The van der Waals surface area contributed by atoms with Crippen LogP contribution in [-0.4, -0.2) is 6.04 Å². The van der Waals surface area contributed by atoms with Crippen LogP contribution in [0.1, 0.15) is 56.3 Å². The Morgan fingerprint density at radius 1 is 1.31 bits per heavy atom. The van der Waals surface area contributed by atoms with Crippen LogP contribution in [0.2, 0.25) is 0 Å². The molecule has 1 heterocycles. The van der Waals surface area contributed by atoms with E-state index in [9.17, 15) is 0 Å². The second kappa shape index (κ2) is 5.01. The fourth-order valence-corrected chi connectivity index (χ4v) is 2.82. The van der Waals surface area contributed by atoms with Gasteiger partial charge in [-0.15, -0.1) is 0 Å². The molecule has 0 amide bonds. The van der Waals surface area contributed by atoms with Crippen molar-refractivity contribution in [3.05, 3.63) is 34.9 Å². The number of hydrogen-bond donors (Lipinski definition) is 1. The third kappa shape index (κ3) is 2.15.